The van der Waals surface area contributed by atoms with Gasteiger partial charge in [0.25, 0.3) is 0 Å². The molecule has 0 amide bonds. The predicted octanol–water partition coefficient (Wildman–Crippen LogP) is 5.19. The molecule has 2 aromatic rings. The molecule has 0 saturated carbocycles. The van der Waals surface area contributed by atoms with Gasteiger partial charge in [-0.1, -0.05) is 13.3 Å². The molecule has 22 heavy (non-hydrogen) atoms. The van der Waals surface area contributed by atoms with Crippen molar-refractivity contribution in [3.63, 3.8) is 0 Å². The van der Waals surface area contributed by atoms with Gasteiger partial charge in [-0.15, -0.1) is 0 Å². The average molecular weight is 315 g/mol. The van der Waals surface area contributed by atoms with Crippen LogP contribution in [-0.4, -0.2) is 12.4 Å². The number of anilines is 1. The monoisotopic (exact) mass is 315 g/mol. The molecule has 0 saturated heterocycles. The number of ketones is 1. The Morgan fingerprint density at radius 1 is 1.09 bits per heavy atom. The summed E-state index contributed by atoms with van der Waals surface area (Å²) >= 11 is 1.53. The summed E-state index contributed by atoms with van der Waals surface area (Å²) in [5, 5.41) is 0. The molecule has 0 aliphatic carbocycles. The molecule has 0 unspecified atom stereocenters. The Morgan fingerprint density at radius 2 is 1.77 bits per heavy atom. The molecular weight excluding hydrogens is 294 g/mol. The second kappa shape index (κ2) is 8.49. The normalized spacial score (nSPS) is 10.3. The van der Waals surface area contributed by atoms with Crippen molar-refractivity contribution in [1.82, 2.24) is 0 Å². The van der Waals surface area contributed by atoms with Crippen molar-refractivity contribution in [2.45, 2.75) is 31.6 Å². The maximum Gasteiger partial charge on any atom is 0.159 e. The maximum absolute atomic E-state index is 11.2. The van der Waals surface area contributed by atoms with Crippen LogP contribution in [-0.2, 0) is 0 Å². The van der Waals surface area contributed by atoms with E-state index in [2.05, 4.69) is 11.6 Å². The Labute approximate surface area is 136 Å². The van der Waals surface area contributed by atoms with Crippen molar-refractivity contribution in [1.29, 1.82) is 0 Å². The predicted molar refractivity (Wildman–Crippen MR) is 92.8 cm³/mol. The lowest BCUT2D eigenvalue weighted by atomic mass is 10.1. The molecule has 1 N–H and O–H groups in total. The fraction of sp³-hybridized carbons (Fsp3) is 0.278. The van der Waals surface area contributed by atoms with E-state index in [0.717, 1.165) is 41.3 Å². The summed E-state index contributed by atoms with van der Waals surface area (Å²) in [5.74, 6) is 0.987. The lowest BCUT2D eigenvalue weighted by Gasteiger charge is -2.08. The Morgan fingerprint density at radius 3 is 2.36 bits per heavy atom. The van der Waals surface area contributed by atoms with Crippen LogP contribution in [0.2, 0.25) is 0 Å². The quantitative estimate of drug-likeness (QED) is 0.413. The number of Topliss-reactive ketones (excluding diaryl/α,β-unsaturated/α-hetero) is 1. The minimum absolute atomic E-state index is 0.0814. The van der Waals surface area contributed by atoms with Gasteiger partial charge < -0.3 is 9.46 Å². The summed E-state index contributed by atoms with van der Waals surface area (Å²) in [7, 11) is 0. The van der Waals surface area contributed by atoms with E-state index in [1.54, 1.807) is 6.92 Å². The Kier molecular flexibility index (Phi) is 6.34. The number of ether oxygens (including phenoxy) is 1. The Balaban J connectivity index is 1.84. The van der Waals surface area contributed by atoms with Gasteiger partial charge in [0, 0.05) is 16.1 Å². The number of nitrogens with one attached hydrogen (secondary N) is 1. The maximum atomic E-state index is 11.2. The van der Waals surface area contributed by atoms with E-state index in [1.165, 1.54) is 11.9 Å². The van der Waals surface area contributed by atoms with Gasteiger partial charge in [-0.25, -0.2) is 0 Å². The number of benzene rings is 2. The second-order valence-corrected chi connectivity index (χ2v) is 5.89. The summed E-state index contributed by atoms with van der Waals surface area (Å²) in [4.78, 5) is 12.3. The van der Waals surface area contributed by atoms with Crippen molar-refractivity contribution in [3.05, 3.63) is 54.1 Å². The molecule has 0 radical (unpaired) electrons. The molecular formula is C18H21NO2S. The zero-order valence-corrected chi connectivity index (χ0v) is 13.8. The summed E-state index contributed by atoms with van der Waals surface area (Å²) in [5.41, 5.74) is 1.70. The van der Waals surface area contributed by atoms with Gasteiger partial charge in [0.2, 0.25) is 0 Å². The molecule has 0 fully saturated rings. The highest BCUT2D eigenvalue weighted by molar-refractivity contribution is 8.00. The average Bonchev–Trinajstić information content (AvgIpc) is 2.55. The van der Waals surface area contributed by atoms with Gasteiger partial charge in [0.1, 0.15) is 5.75 Å². The Hall–Kier alpha value is -1.94. The van der Waals surface area contributed by atoms with Crippen molar-refractivity contribution < 1.29 is 9.53 Å². The first-order chi connectivity index (χ1) is 10.7. The first kappa shape index (κ1) is 16.4. The molecule has 4 heteroatoms. The van der Waals surface area contributed by atoms with Crippen LogP contribution in [0.1, 0.15) is 37.0 Å². The molecule has 116 valence electrons. The van der Waals surface area contributed by atoms with E-state index < -0.39 is 0 Å². The van der Waals surface area contributed by atoms with Crippen molar-refractivity contribution >= 4 is 23.4 Å². The highest BCUT2D eigenvalue weighted by Crippen LogP contribution is 2.23. The van der Waals surface area contributed by atoms with Crippen LogP contribution in [0, 0.1) is 0 Å². The molecule has 0 bridgehead atoms. The lowest BCUT2D eigenvalue weighted by Crippen LogP contribution is -1.96. The van der Waals surface area contributed by atoms with Crippen molar-refractivity contribution in [2.75, 3.05) is 11.3 Å². The van der Waals surface area contributed by atoms with Gasteiger partial charge >= 0.3 is 0 Å². The molecule has 3 nitrogen and oxygen atoms in total. The third-order valence-electron chi connectivity index (χ3n) is 3.17. The summed E-state index contributed by atoms with van der Waals surface area (Å²) in [6.07, 6.45) is 2.22. The van der Waals surface area contributed by atoms with Crippen LogP contribution >= 0.6 is 11.9 Å². The largest absolute Gasteiger partial charge is 0.494 e. The number of hydrogen-bond acceptors (Lipinski definition) is 4. The molecule has 0 atom stereocenters. The van der Waals surface area contributed by atoms with E-state index in [4.69, 9.17) is 4.74 Å². The third kappa shape index (κ3) is 5.11. The van der Waals surface area contributed by atoms with Crippen LogP contribution < -0.4 is 9.46 Å². The van der Waals surface area contributed by atoms with Crippen molar-refractivity contribution in [3.8, 4) is 5.75 Å². The number of hydrogen-bond donors (Lipinski definition) is 1. The number of carbonyl (C=O) groups is 1. The topological polar surface area (TPSA) is 38.3 Å². The SMILES string of the molecule is CCCCOc1ccc(SNc2ccc(C(C)=O)cc2)cc1. The number of unbranched alkanes of at least 4 members (excludes halogenated alkanes) is 1. The van der Waals surface area contributed by atoms with Gasteiger partial charge in [0.15, 0.2) is 5.78 Å². The summed E-state index contributed by atoms with van der Waals surface area (Å²) in [6.45, 7) is 4.49. The van der Waals surface area contributed by atoms with Gasteiger partial charge in [0.05, 0.1) is 6.61 Å². The molecule has 0 heterocycles. The lowest BCUT2D eigenvalue weighted by molar-refractivity contribution is 0.101. The van der Waals surface area contributed by atoms with E-state index in [1.807, 2.05) is 48.5 Å². The smallest absolute Gasteiger partial charge is 0.159 e. The number of carbonyl (C=O) groups excluding carboxylic acids is 1. The van der Waals surface area contributed by atoms with Crippen molar-refractivity contribution in [2.24, 2.45) is 0 Å². The van der Waals surface area contributed by atoms with E-state index in [9.17, 15) is 4.79 Å². The summed E-state index contributed by atoms with van der Waals surface area (Å²) in [6, 6.07) is 15.5. The highest BCUT2D eigenvalue weighted by Gasteiger charge is 2.00. The van der Waals surface area contributed by atoms with Gasteiger partial charge in [-0.3, -0.25) is 4.79 Å². The third-order valence-corrected chi connectivity index (χ3v) is 4.01. The zero-order valence-electron chi connectivity index (χ0n) is 13.0. The second-order valence-electron chi connectivity index (χ2n) is 5.01. The molecule has 0 aliphatic rings. The molecule has 0 aromatic heterocycles. The summed E-state index contributed by atoms with van der Waals surface area (Å²) < 4.78 is 8.90. The van der Waals surface area contributed by atoms with Crippen LogP contribution in [0.3, 0.4) is 0 Å². The van der Waals surface area contributed by atoms with Crippen LogP contribution in [0.4, 0.5) is 5.69 Å². The minimum Gasteiger partial charge on any atom is -0.494 e. The van der Waals surface area contributed by atoms with Gasteiger partial charge in [-0.05, 0) is 73.8 Å². The fourth-order valence-electron chi connectivity index (χ4n) is 1.83. The Bertz CT molecular complexity index is 593. The minimum atomic E-state index is 0.0814. The van der Waals surface area contributed by atoms with E-state index >= 15 is 0 Å². The molecule has 0 aliphatic heterocycles. The molecule has 2 rings (SSSR count). The number of rotatable bonds is 8. The first-order valence-corrected chi connectivity index (χ1v) is 8.27. The van der Waals surface area contributed by atoms with Gasteiger partial charge in [-0.2, -0.15) is 0 Å². The van der Waals surface area contributed by atoms with Crippen LogP contribution in [0.15, 0.2) is 53.4 Å². The van der Waals surface area contributed by atoms with E-state index in [0.29, 0.717) is 0 Å². The highest BCUT2D eigenvalue weighted by atomic mass is 32.2. The standard InChI is InChI=1S/C18H21NO2S/c1-3-4-13-21-17-9-11-18(12-10-17)22-19-16-7-5-15(6-8-16)14(2)20/h5-12,19H,3-4,13H2,1-2H3. The molecule has 2 aromatic carbocycles. The van der Waals surface area contributed by atoms with E-state index in [-0.39, 0.29) is 5.78 Å². The first-order valence-electron chi connectivity index (χ1n) is 7.46. The molecule has 0 spiro atoms. The van der Waals surface area contributed by atoms with Crippen LogP contribution in [0.25, 0.3) is 0 Å². The fourth-order valence-corrected chi connectivity index (χ4v) is 2.47. The van der Waals surface area contributed by atoms with Crippen LogP contribution in [0.5, 0.6) is 5.75 Å². The zero-order chi connectivity index (χ0) is 15.8.